The summed E-state index contributed by atoms with van der Waals surface area (Å²) in [5.41, 5.74) is 0.979. The summed E-state index contributed by atoms with van der Waals surface area (Å²) in [7, 11) is 0. The molecule has 0 aliphatic carbocycles. The minimum atomic E-state index is -0.225. The lowest BCUT2D eigenvalue weighted by Gasteiger charge is -2.11. The molecule has 0 atom stereocenters. The molecule has 0 fully saturated rings. The summed E-state index contributed by atoms with van der Waals surface area (Å²) in [5.74, 6) is 0.526. The molecule has 0 aromatic heterocycles. The van der Waals surface area contributed by atoms with Crippen LogP contribution in [0.1, 0.15) is 32.3 Å². The number of nitrogens with zero attached hydrogens (tertiary/aromatic N) is 1. The fourth-order valence-electron chi connectivity index (χ4n) is 1.69. The third-order valence-electron chi connectivity index (χ3n) is 2.86. The van der Waals surface area contributed by atoms with Crippen molar-refractivity contribution in [2.45, 2.75) is 33.2 Å². The van der Waals surface area contributed by atoms with Crippen molar-refractivity contribution in [1.82, 2.24) is 10.6 Å². The molecule has 0 saturated carbocycles. The number of ether oxygens (including phenoxy) is 1. The Morgan fingerprint density at radius 2 is 1.90 bits per heavy atom. The number of guanidine groups is 1. The molecule has 0 spiro atoms. The molecule has 1 aromatic rings. The second-order valence-electron chi connectivity index (χ2n) is 4.71. The molecule has 1 aromatic carbocycles. The van der Waals surface area contributed by atoms with Crippen LogP contribution in [0.25, 0.3) is 0 Å². The van der Waals surface area contributed by atoms with Crippen LogP contribution >= 0.6 is 0 Å². The van der Waals surface area contributed by atoms with Gasteiger partial charge in [0.05, 0.1) is 13.2 Å². The topological polar surface area (TPSA) is 45.6 Å². The van der Waals surface area contributed by atoms with Crippen molar-refractivity contribution in [3.63, 3.8) is 0 Å². The van der Waals surface area contributed by atoms with Crippen molar-refractivity contribution in [2.24, 2.45) is 4.99 Å². The van der Waals surface area contributed by atoms with Gasteiger partial charge in [-0.15, -0.1) is 0 Å². The van der Waals surface area contributed by atoms with Crippen LogP contribution in [0.15, 0.2) is 29.3 Å². The Morgan fingerprint density at radius 1 is 1.14 bits per heavy atom. The molecule has 0 unspecified atom stereocenters. The summed E-state index contributed by atoms with van der Waals surface area (Å²) in [5, 5.41) is 6.39. The number of aliphatic imine (C=N–C) groups is 1. The zero-order valence-corrected chi connectivity index (χ0v) is 13.0. The molecule has 0 aliphatic rings. The smallest absolute Gasteiger partial charge is 0.191 e. The average Bonchev–Trinajstić information content (AvgIpc) is 2.49. The molecule has 0 bridgehead atoms. The first-order chi connectivity index (χ1) is 10.3. The van der Waals surface area contributed by atoms with Gasteiger partial charge < -0.3 is 15.4 Å². The van der Waals surface area contributed by atoms with Gasteiger partial charge in [0.15, 0.2) is 5.96 Å². The number of unbranched alkanes of at least 4 members (excludes halogenated alkanes) is 1. The van der Waals surface area contributed by atoms with Gasteiger partial charge >= 0.3 is 0 Å². The number of hydrogen-bond acceptors (Lipinski definition) is 2. The first-order valence-electron chi connectivity index (χ1n) is 7.60. The maximum atomic E-state index is 12.8. The van der Waals surface area contributed by atoms with Gasteiger partial charge in [-0.25, -0.2) is 9.38 Å². The molecule has 2 N–H and O–H groups in total. The quantitative estimate of drug-likeness (QED) is 0.418. The molecule has 0 radical (unpaired) electrons. The van der Waals surface area contributed by atoms with Crippen LogP contribution in [-0.4, -0.2) is 32.3 Å². The zero-order chi connectivity index (χ0) is 15.3. The monoisotopic (exact) mass is 295 g/mol. The highest BCUT2D eigenvalue weighted by atomic mass is 19.1. The number of nitrogens with one attached hydrogen (secondary N) is 2. The van der Waals surface area contributed by atoms with E-state index < -0.39 is 0 Å². The van der Waals surface area contributed by atoms with Gasteiger partial charge in [-0.1, -0.05) is 25.5 Å². The number of rotatable bonds is 9. The van der Waals surface area contributed by atoms with Gasteiger partial charge in [0.25, 0.3) is 0 Å². The molecule has 0 saturated heterocycles. The Labute approximate surface area is 126 Å². The normalized spacial score (nSPS) is 11.5. The second-order valence-corrected chi connectivity index (χ2v) is 4.71. The van der Waals surface area contributed by atoms with E-state index in [0.717, 1.165) is 44.1 Å². The van der Waals surface area contributed by atoms with Crippen molar-refractivity contribution in [2.75, 3.05) is 26.3 Å². The van der Waals surface area contributed by atoms with Crippen LogP contribution < -0.4 is 10.6 Å². The highest BCUT2D eigenvalue weighted by Gasteiger charge is 1.98. The van der Waals surface area contributed by atoms with Gasteiger partial charge in [0, 0.05) is 19.7 Å². The van der Waals surface area contributed by atoms with Gasteiger partial charge in [-0.2, -0.15) is 0 Å². The van der Waals surface area contributed by atoms with Gasteiger partial charge in [0.1, 0.15) is 5.82 Å². The van der Waals surface area contributed by atoms with E-state index in [9.17, 15) is 4.39 Å². The minimum absolute atomic E-state index is 0.225. The summed E-state index contributed by atoms with van der Waals surface area (Å²) in [6.45, 7) is 7.68. The SMILES string of the molecule is CCCCOCCNC(=NCc1ccc(F)cc1)NCC. The average molecular weight is 295 g/mol. The van der Waals surface area contributed by atoms with Crippen molar-refractivity contribution in [1.29, 1.82) is 0 Å². The zero-order valence-electron chi connectivity index (χ0n) is 13.0. The summed E-state index contributed by atoms with van der Waals surface area (Å²) < 4.78 is 18.3. The summed E-state index contributed by atoms with van der Waals surface area (Å²) in [4.78, 5) is 4.46. The van der Waals surface area contributed by atoms with Crippen LogP contribution in [0.5, 0.6) is 0 Å². The fourth-order valence-corrected chi connectivity index (χ4v) is 1.69. The Balaban J connectivity index is 2.33. The lowest BCUT2D eigenvalue weighted by atomic mass is 10.2. The lowest BCUT2D eigenvalue weighted by Crippen LogP contribution is -2.39. The summed E-state index contributed by atoms with van der Waals surface area (Å²) >= 11 is 0. The van der Waals surface area contributed by atoms with Crippen LogP contribution in [0, 0.1) is 5.82 Å². The van der Waals surface area contributed by atoms with Crippen LogP contribution in [0.3, 0.4) is 0 Å². The third kappa shape index (κ3) is 8.30. The van der Waals surface area contributed by atoms with E-state index in [1.54, 1.807) is 12.1 Å². The molecule has 4 nitrogen and oxygen atoms in total. The first-order valence-corrected chi connectivity index (χ1v) is 7.60. The second kappa shape index (κ2) is 11.1. The molecular formula is C16H26FN3O. The van der Waals surface area contributed by atoms with Crippen LogP contribution in [0.4, 0.5) is 4.39 Å². The Kier molecular flexibility index (Phi) is 9.20. The summed E-state index contributed by atoms with van der Waals surface area (Å²) in [6.07, 6.45) is 2.24. The lowest BCUT2D eigenvalue weighted by molar-refractivity contribution is 0.136. The van der Waals surface area contributed by atoms with Gasteiger partial charge in [0.2, 0.25) is 0 Å². The van der Waals surface area contributed by atoms with E-state index in [-0.39, 0.29) is 5.82 Å². The van der Waals surface area contributed by atoms with E-state index in [1.165, 1.54) is 12.1 Å². The predicted octanol–water partition coefficient (Wildman–Crippen LogP) is 2.70. The summed E-state index contributed by atoms with van der Waals surface area (Å²) in [6, 6.07) is 6.39. The van der Waals surface area contributed by atoms with Crippen molar-refractivity contribution < 1.29 is 9.13 Å². The van der Waals surface area contributed by atoms with E-state index in [4.69, 9.17) is 4.74 Å². The first kappa shape index (κ1) is 17.4. The van der Waals surface area contributed by atoms with Crippen LogP contribution in [0.2, 0.25) is 0 Å². The van der Waals surface area contributed by atoms with E-state index in [2.05, 4.69) is 22.5 Å². The molecule has 0 heterocycles. The largest absolute Gasteiger partial charge is 0.380 e. The fraction of sp³-hybridized carbons (Fsp3) is 0.562. The highest BCUT2D eigenvalue weighted by Crippen LogP contribution is 2.03. The molecule has 1 rings (SSSR count). The molecular weight excluding hydrogens is 269 g/mol. The molecule has 21 heavy (non-hydrogen) atoms. The maximum Gasteiger partial charge on any atom is 0.191 e. The van der Waals surface area contributed by atoms with Gasteiger partial charge in [-0.05, 0) is 31.0 Å². The Morgan fingerprint density at radius 3 is 2.57 bits per heavy atom. The molecule has 0 aliphatic heterocycles. The van der Waals surface area contributed by atoms with Crippen molar-refractivity contribution in [3.8, 4) is 0 Å². The predicted molar refractivity (Wildman–Crippen MR) is 84.9 cm³/mol. The number of halogens is 1. The van der Waals surface area contributed by atoms with Crippen LogP contribution in [-0.2, 0) is 11.3 Å². The molecule has 5 heteroatoms. The standard InChI is InChI=1S/C16H26FN3O/c1-3-5-11-21-12-10-19-16(18-4-2)20-13-14-6-8-15(17)9-7-14/h6-9H,3-5,10-13H2,1-2H3,(H2,18,19,20). The number of benzene rings is 1. The Bertz CT molecular complexity index is 406. The molecule has 0 amide bonds. The van der Waals surface area contributed by atoms with Crippen molar-refractivity contribution in [3.05, 3.63) is 35.6 Å². The van der Waals surface area contributed by atoms with Gasteiger partial charge in [-0.3, -0.25) is 0 Å². The third-order valence-corrected chi connectivity index (χ3v) is 2.86. The van der Waals surface area contributed by atoms with Crippen molar-refractivity contribution >= 4 is 5.96 Å². The highest BCUT2D eigenvalue weighted by molar-refractivity contribution is 5.79. The minimum Gasteiger partial charge on any atom is -0.380 e. The maximum absolute atomic E-state index is 12.8. The number of hydrogen-bond donors (Lipinski definition) is 2. The van der Waals surface area contributed by atoms with E-state index in [1.807, 2.05) is 6.92 Å². The molecule has 118 valence electrons. The van der Waals surface area contributed by atoms with E-state index >= 15 is 0 Å². The Hall–Kier alpha value is -1.62. The van der Waals surface area contributed by atoms with E-state index in [0.29, 0.717) is 13.2 Å².